The SMILES string of the molecule is CC/C=C\C/C=C\C/C=C\C/C=C\C/C=C\C=C/C(O)CCC(=O)OC[C@H](COP(=O)([O-])OCC[N+](C)(C)C)OC(=O)CC/C=C\C/C=C\C/C=C\C/C=C\C/C=C\C/C=C\CC. The number of esters is 2. The zero-order valence-corrected chi connectivity index (χ0v) is 39.9. The van der Waals surface area contributed by atoms with Crippen LogP contribution in [0.2, 0.25) is 0 Å². The van der Waals surface area contributed by atoms with E-state index in [0.29, 0.717) is 17.4 Å². The zero-order chi connectivity index (χ0) is 46.5. The van der Waals surface area contributed by atoms with Gasteiger partial charge in [-0.1, -0.05) is 160 Å². The number of aliphatic hydroxyl groups excluding tert-OH is 1. The van der Waals surface area contributed by atoms with Crippen LogP contribution in [0, 0.1) is 0 Å². The average Bonchev–Trinajstić information content (AvgIpc) is 3.24. The molecule has 0 heterocycles. The van der Waals surface area contributed by atoms with E-state index in [1.807, 2.05) is 45.4 Å². The molecule has 0 saturated carbocycles. The lowest BCUT2D eigenvalue weighted by molar-refractivity contribution is -0.870. The number of ether oxygens (including phenoxy) is 2. The summed E-state index contributed by atoms with van der Waals surface area (Å²) in [5.41, 5.74) is 0. The predicted octanol–water partition coefficient (Wildman–Crippen LogP) is 11.6. The Balaban J connectivity index is 4.72. The highest BCUT2D eigenvalue weighted by Gasteiger charge is 2.21. The molecule has 0 aromatic rings. The number of allylic oxidation sites excluding steroid dienone is 23. The lowest BCUT2D eigenvalue weighted by Crippen LogP contribution is -2.37. The number of carbonyl (C=O) groups is 2. The van der Waals surface area contributed by atoms with Gasteiger partial charge in [-0.25, -0.2) is 0 Å². The standard InChI is InChI=1S/C52H80NO9P/c1-6-8-10-12-14-16-18-20-22-24-25-26-28-30-32-34-36-38-40-42-52(56)62-50(48-61-63(57,58)60-46-45-53(3,4)5)47-59-51(55)44-43-49(54)41-39-37-35-33-31-29-27-23-21-19-17-15-13-11-9-7-2/h8-11,14-17,20-23,25-26,29-32,35-39,41,49-50,54H,6-7,12-13,18-19,24,27-28,33-34,40,42-48H2,1-5H3/b10-8-,11-9-,16-14-,17-15-,22-20-,23-21-,26-25-,31-29-,32-30-,37-35-,38-36-,41-39-/t49?,50-/m1/s1. The van der Waals surface area contributed by atoms with Crippen molar-refractivity contribution in [1.29, 1.82) is 0 Å². The van der Waals surface area contributed by atoms with Gasteiger partial charge in [0.25, 0.3) is 7.82 Å². The third-order valence-electron chi connectivity index (χ3n) is 8.49. The second-order valence-corrected chi connectivity index (χ2v) is 16.9. The van der Waals surface area contributed by atoms with Crippen LogP contribution >= 0.6 is 7.82 Å². The summed E-state index contributed by atoms with van der Waals surface area (Å²) in [6.07, 6.45) is 58.0. The van der Waals surface area contributed by atoms with Gasteiger partial charge >= 0.3 is 11.9 Å². The molecule has 0 radical (unpaired) electrons. The first-order valence-electron chi connectivity index (χ1n) is 22.7. The molecule has 10 nitrogen and oxygen atoms in total. The number of aliphatic hydroxyl groups is 1. The quantitative estimate of drug-likeness (QED) is 0.0211. The van der Waals surface area contributed by atoms with Crippen molar-refractivity contribution in [3.63, 3.8) is 0 Å². The van der Waals surface area contributed by atoms with Gasteiger partial charge in [-0.3, -0.25) is 14.2 Å². The molecule has 0 aliphatic heterocycles. The number of carbonyl (C=O) groups excluding carboxylic acids is 2. The molecule has 0 aromatic heterocycles. The minimum Gasteiger partial charge on any atom is -0.756 e. The summed E-state index contributed by atoms with van der Waals surface area (Å²) < 4.78 is 33.6. The van der Waals surface area contributed by atoms with Gasteiger partial charge in [0.15, 0.2) is 6.10 Å². The highest BCUT2D eigenvalue weighted by atomic mass is 31.2. The van der Waals surface area contributed by atoms with E-state index in [4.69, 9.17) is 18.5 Å². The third kappa shape index (κ3) is 45.7. The van der Waals surface area contributed by atoms with Crippen LogP contribution in [0.3, 0.4) is 0 Å². The fourth-order valence-electron chi connectivity index (χ4n) is 4.96. The molecule has 0 bridgehead atoms. The summed E-state index contributed by atoms with van der Waals surface area (Å²) in [5.74, 6) is -1.23. The van der Waals surface area contributed by atoms with Crippen LogP contribution in [0.4, 0.5) is 0 Å². The number of hydrogen-bond acceptors (Lipinski definition) is 9. The summed E-state index contributed by atoms with van der Waals surface area (Å²) in [6, 6.07) is 0. The number of hydrogen-bond donors (Lipinski definition) is 1. The fraction of sp³-hybridized carbons (Fsp3) is 0.500. The molecular formula is C52H80NO9P. The molecule has 3 atom stereocenters. The molecule has 0 spiro atoms. The van der Waals surface area contributed by atoms with Crippen LogP contribution in [0.15, 0.2) is 146 Å². The first-order chi connectivity index (χ1) is 30.4. The number of phosphoric ester groups is 1. The number of phosphoric acid groups is 1. The third-order valence-corrected chi connectivity index (χ3v) is 9.45. The van der Waals surface area contributed by atoms with Crippen LogP contribution in [0.5, 0.6) is 0 Å². The molecule has 0 aliphatic carbocycles. The van der Waals surface area contributed by atoms with Gasteiger partial charge in [-0.15, -0.1) is 0 Å². The fourth-order valence-corrected chi connectivity index (χ4v) is 5.69. The lowest BCUT2D eigenvalue weighted by Gasteiger charge is -2.28. The van der Waals surface area contributed by atoms with Gasteiger partial charge in [-0.05, 0) is 83.5 Å². The zero-order valence-electron chi connectivity index (χ0n) is 39.1. The lowest BCUT2D eigenvalue weighted by atomic mass is 10.2. The monoisotopic (exact) mass is 894 g/mol. The molecular weight excluding hydrogens is 814 g/mol. The van der Waals surface area contributed by atoms with E-state index in [0.717, 1.165) is 70.6 Å². The van der Waals surface area contributed by atoms with E-state index >= 15 is 0 Å². The first kappa shape index (κ1) is 58.9. The Bertz CT molecular complexity index is 1590. The smallest absolute Gasteiger partial charge is 0.306 e. The molecule has 1 N–H and O–H groups in total. The Hall–Kier alpha value is -4.15. The van der Waals surface area contributed by atoms with Gasteiger partial charge in [-0.2, -0.15) is 0 Å². The average molecular weight is 894 g/mol. The van der Waals surface area contributed by atoms with Gasteiger partial charge in [0.05, 0.1) is 33.9 Å². The predicted molar refractivity (Wildman–Crippen MR) is 260 cm³/mol. The highest BCUT2D eigenvalue weighted by molar-refractivity contribution is 7.45. The van der Waals surface area contributed by atoms with Crippen molar-refractivity contribution < 1.29 is 47.2 Å². The van der Waals surface area contributed by atoms with E-state index in [2.05, 4.69) is 123 Å². The van der Waals surface area contributed by atoms with Crippen LogP contribution in [-0.4, -0.2) is 81.2 Å². The molecule has 0 saturated heterocycles. The Labute approximate surface area is 381 Å². The number of rotatable bonds is 38. The van der Waals surface area contributed by atoms with Crippen molar-refractivity contribution >= 4 is 19.8 Å². The van der Waals surface area contributed by atoms with E-state index in [9.17, 15) is 24.2 Å². The Morgan fingerprint density at radius 1 is 0.571 bits per heavy atom. The minimum absolute atomic E-state index is 0.0397. The maximum atomic E-state index is 12.7. The van der Waals surface area contributed by atoms with E-state index in [1.54, 1.807) is 12.2 Å². The number of quaternary nitrogens is 1. The Kier molecular flexibility index (Phi) is 39.1. The van der Waals surface area contributed by atoms with E-state index < -0.39 is 45.2 Å². The van der Waals surface area contributed by atoms with Crippen LogP contribution < -0.4 is 4.89 Å². The molecule has 63 heavy (non-hydrogen) atoms. The molecule has 0 aromatic carbocycles. The van der Waals surface area contributed by atoms with Gasteiger partial charge in [0.2, 0.25) is 0 Å². The topological polar surface area (TPSA) is 131 Å². The van der Waals surface area contributed by atoms with Crippen LogP contribution in [-0.2, 0) is 32.7 Å². The number of likely N-dealkylation sites (N-methyl/N-ethyl adjacent to an activating group) is 1. The largest absolute Gasteiger partial charge is 0.756 e. The van der Waals surface area contributed by atoms with Crippen LogP contribution in [0.1, 0.15) is 110 Å². The van der Waals surface area contributed by atoms with Gasteiger partial charge < -0.3 is 33.0 Å². The summed E-state index contributed by atoms with van der Waals surface area (Å²) in [7, 11) is 0.967. The second-order valence-electron chi connectivity index (χ2n) is 15.5. The maximum absolute atomic E-state index is 12.7. The molecule has 0 amide bonds. The molecule has 0 fully saturated rings. The summed E-state index contributed by atoms with van der Waals surface area (Å²) in [5, 5.41) is 10.3. The normalized spacial score (nSPS) is 15.3. The van der Waals surface area contributed by atoms with Crippen molar-refractivity contribution in [2.24, 2.45) is 0 Å². The van der Waals surface area contributed by atoms with E-state index in [1.165, 1.54) is 0 Å². The minimum atomic E-state index is -4.72. The van der Waals surface area contributed by atoms with Crippen LogP contribution in [0.25, 0.3) is 0 Å². The van der Waals surface area contributed by atoms with Crippen molar-refractivity contribution in [3.8, 4) is 0 Å². The molecule has 0 aliphatic rings. The van der Waals surface area contributed by atoms with E-state index in [-0.39, 0.29) is 25.9 Å². The summed E-state index contributed by atoms with van der Waals surface area (Å²) >= 11 is 0. The van der Waals surface area contributed by atoms with Crippen molar-refractivity contribution in [2.45, 2.75) is 122 Å². The molecule has 0 rings (SSSR count). The molecule has 2 unspecified atom stereocenters. The molecule has 11 heteroatoms. The Morgan fingerprint density at radius 2 is 1.00 bits per heavy atom. The molecule has 352 valence electrons. The Morgan fingerprint density at radius 3 is 1.44 bits per heavy atom. The van der Waals surface area contributed by atoms with Crippen molar-refractivity contribution in [3.05, 3.63) is 146 Å². The summed E-state index contributed by atoms with van der Waals surface area (Å²) in [6.45, 7) is 3.59. The second kappa shape index (κ2) is 41.8. The van der Waals surface area contributed by atoms with Crippen molar-refractivity contribution in [1.82, 2.24) is 0 Å². The first-order valence-corrected chi connectivity index (χ1v) is 24.1. The maximum Gasteiger partial charge on any atom is 0.306 e. The number of nitrogens with zero attached hydrogens (tertiary/aromatic N) is 1. The highest BCUT2D eigenvalue weighted by Crippen LogP contribution is 2.38. The summed E-state index contributed by atoms with van der Waals surface area (Å²) in [4.78, 5) is 37.6. The van der Waals surface area contributed by atoms with Crippen molar-refractivity contribution in [2.75, 3.05) is 47.5 Å². The van der Waals surface area contributed by atoms with Gasteiger partial charge in [0.1, 0.15) is 19.8 Å². The van der Waals surface area contributed by atoms with Gasteiger partial charge in [0, 0.05) is 12.8 Å².